The van der Waals surface area contributed by atoms with Crippen LogP contribution >= 0.6 is 0 Å². The lowest BCUT2D eigenvalue weighted by Gasteiger charge is -2.19. The normalized spacial score (nSPS) is 11.5. The van der Waals surface area contributed by atoms with Crippen molar-refractivity contribution in [1.82, 2.24) is 5.32 Å². The van der Waals surface area contributed by atoms with Crippen molar-refractivity contribution in [3.63, 3.8) is 0 Å². The second-order valence-corrected chi connectivity index (χ2v) is 6.56. The van der Waals surface area contributed by atoms with E-state index in [1.807, 2.05) is 12.1 Å². The van der Waals surface area contributed by atoms with Gasteiger partial charge < -0.3 is 14.8 Å². The van der Waals surface area contributed by atoms with Gasteiger partial charge >= 0.3 is 0 Å². The molecular formula is C18H31NO2. The first-order valence-electron chi connectivity index (χ1n) is 8.05. The highest BCUT2D eigenvalue weighted by Crippen LogP contribution is 2.27. The average Bonchev–Trinajstić information content (AvgIpc) is 2.42. The lowest BCUT2D eigenvalue weighted by atomic mass is 9.93. The Morgan fingerprint density at radius 3 is 2.43 bits per heavy atom. The van der Waals surface area contributed by atoms with Crippen LogP contribution < -0.4 is 14.8 Å². The van der Waals surface area contributed by atoms with Gasteiger partial charge in [-0.2, -0.15) is 0 Å². The Kier molecular flexibility index (Phi) is 7.58. The molecule has 3 nitrogen and oxygen atoms in total. The molecular weight excluding hydrogens is 262 g/mol. The van der Waals surface area contributed by atoms with E-state index < -0.39 is 0 Å². The average molecular weight is 293 g/mol. The molecule has 1 rings (SSSR count). The Balaban J connectivity index is 2.73. The molecule has 0 atom stereocenters. The molecule has 120 valence electrons. The molecule has 0 fully saturated rings. The number of rotatable bonds is 9. The van der Waals surface area contributed by atoms with Crippen LogP contribution in [0.25, 0.3) is 0 Å². The summed E-state index contributed by atoms with van der Waals surface area (Å²) in [5.41, 5.74) is 1.48. The first-order valence-corrected chi connectivity index (χ1v) is 8.05. The highest BCUT2D eigenvalue weighted by molar-refractivity contribution is 5.40. The van der Waals surface area contributed by atoms with Gasteiger partial charge in [0.2, 0.25) is 0 Å². The zero-order chi connectivity index (χ0) is 15.7. The van der Waals surface area contributed by atoms with Gasteiger partial charge in [-0.05, 0) is 30.9 Å². The summed E-state index contributed by atoms with van der Waals surface area (Å²) in [6.07, 6.45) is 2.05. The first kappa shape index (κ1) is 17.8. The zero-order valence-electron chi connectivity index (χ0n) is 14.3. The quantitative estimate of drug-likeness (QED) is 0.732. The maximum atomic E-state index is 6.01. The van der Waals surface area contributed by atoms with Crippen LogP contribution in [0.3, 0.4) is 0 Å². The van der Waals surface area contributed by atoms with Crippen LogP contribution in [0.1, 0.15) is 53.0 Å². The van der Waals surface area contributed by atoms with Crippen LogP contribution in [0.5, 0.6) is 11.5 Å². The topological polar surface area (TPSA) is 30.5 Å². The van der Waals surface area contributed by atoms with Gasteiger partial charge in [-0.1, -0.05) is 40.7 Å². The van der Waals surface area contributed by atoms with Gasteiger partial charge in [0, 0.05) is 18.2 Å². The van der Waals surface area contributed by atoms with Crippen molar-refractivity contribution in [2.75, 3.05) is 19.8 Å². The molecule has 0 saturated heterocycles. The first-order chi connectivity index (χ1) is 9.96. The number of ether oxygens (including phenoxy) is 2. The summed E-state index contributed by atoms with van der Waals surface area (Å²) in [6, 6.07) is 6.14. The van der Waals surface area contributed by atoms with E-state index in [1.54, 1.807) is 0 Å². The smallest absolute Gasteiger partial charge is 0.127 e. The maximum Gasteiger partial charge on any atom is 0.127 e. The highest BCUT2D eigenvalue weighted by atomic mass is 16.5. The molecule has 0 aliphatic carbocycles. The second kappa shape index (κ2) is 8.93. The minimum atomic E-state index is 0.290. The molecule has 3 heteroatoms. The molecule has 0 aromatic heterocycles. The van der Waals surface area contributed by atoms with E-state index in [0.29, 0.717) is 0 Å². The molecule has 0 spiro atoms. The highest BCUT2D eigenvalue weighted by Gasteiger charge is 2.12. The van der Waals surface area contributed by atoms with Crippen LogP contribution in [0.4, 0.5) is 0 Å². The van der Waals surface area contributed by atoms with E-state index in [9.17, 15) is 0 Å². The third-order valence-electron chi connectivity index (χ3n) is 3.19. The van der Waals surface area contributed by atoms with E-state index in [2.05, 4.69) is 46.0 Å². The Morgan fingerprint density at radius 2 is 1.81 bits per heavy atom. The molecule has 1 aromatic carbocycles. The minimum absolute atomic E-state index is 0.290. The van der Waals surface area contributed by atoms with E-state index in [1.165, 1.54) is 5.56 Å². The van der Waals surface area contributed by atoms with Gasteiger partial charge in [0.1, 0.15) is 11.5 Å². The summed E-state index contributed by atoms with van der Waals surface area (Å²) in [5, 5.41) is 3.35. The minimum Gasteiger partial charge on any atom is -0.493 e. The van der Waals surface area contributed by atoms with E-state index in [-0.39, 0.29) is 5.41 Å². The SMILES string of the molecule is CCCOc1ccc(CNCC)c(OCCC(C)(C)C)c1. The molecule has 0 aliphatic rings. The van der Waals surface area contributed by atoms with E-state index in [0.717, 1.165) is 50.6 Å². The van der Waals surface area contributed by atoms with Crippen molar-refractivity contribution in [1.29, 1.82) is 0 Å². The molecule has 0 bridgehead atoms. The van der Waals surface area contributed by atoms with Crippen molar-refractivity contribution >= 4 is 0 Å². The molecule has 1 aromatic rings. The Labute approximate surface area is 130 Å². The lowest BCUT2D eigenvalue weighted by Crippen LogP contribution is -2.15. The molecule has 0 unspecified atom stereocenters. The van der Waals surface area contributed by atoms with Crippen LogP contribution in [0.2, 0.25) is 0 Å². The Bertz CT molecular complexity index is 410. The van der Waals surface area contributed by atoms with Gasteiger partial charge in [0.15, 0.2) is 0 Å². The number of hydrogen-bond donors (Lipinski definition) is 1. The van der Waals surface area contributed by atoms with Gasteiger partial charge in [0.25, 0.3) is 0 Å². The fourth-order valence-corrected chi connectivity index (χ4v) is 1.85. The van der Waals surface area contributed by atoms with Crippen molar-refractivity contribution in [2.45, 2.75) is 54.0 Å². The Hall–Kier alpha value is -1.22. The van der Waals surface area contributed by atoms with Crippen molar-refractivity contribution in [3.8, 4) is 11.5 Å². The standard InChI is InChI=1S/C18H31NO2/c1-6-11-20-16-9-8-15(14-19-7-2)17(13-16)21-12-10-18(3,4)5/h8-9,13,19H,6-7,10-12,14H2,1-5H3. The number of benzene rings is 1. The maximum absolute atomic E-state index is 6.01. The largest absolute Gasteiger partial charge is 0.493 e. The second-order valence-electron chi connectivity index (χ2n) is 6.56. The van der Waals surface area contributed by atoms with Crippen LogP contribution in [-0.4, -0.2) is 19.8 Å². The van der Waals surface area contributed by atoms with Gasteiger partial charge in [-0.25, -0.2) is 0 Å². The fourth-order valence-electron chi connectivity index (χ4n) is 1.85. The fraction of sp³-hybridized carbons (Fsp3) is 0.667. The van der Waals surface area contributed by atoms with Crippen LogP contribution in [-0.2, 0) is 6.54 Å². The monoisotopic (exact) mass is 293 g/mol. The summed E-state index contributed by atoms with van der Waals surface area (Å²) in [4.78, 5) is 0. The Morgan fingerprint density at radius 1 is 1.05 bits per heavy atom. The van der Waals surface area contributed by atoms with E-state index in [4.69, 9.17) is 9.47 Å². The van der Waals surface area contributed by atoms with Crippen LogP contribution in [0, 0.1) is 5.41 Å². The molecule has 0 aliphatic heterocycles. The van der Waals surface area contributed by atoms with Crippen molar-refractivity contribution in [3.05, 3.63) is 23.8 Å². The van der Waals surface area contributed by atoms with Crippen LogP contribution in [0.15, 0.2) is 18.2 Å². The number of nitrogens with one attached hydrogen (secondary N) is 1. The predicted molar refractivity (Wildman–Crippen MR) is 89.2 cm³/mol. The van der Waals surface area contributed by atoms with Gasteiger partial charge in [0.05, 0.1) is 13.2 Å². The predicted octanol–water partition coefficient (Wildman–Crippen LogP) is 4.40. The molecule has 0 radical (unpaired) electrons. The summed E-state index contributed by atoms with van der Waals surface area (Å²) in [5.74, 6) is 1.83. The van der Waals surface area contributed by atoms with E-state index >= 15 is 0 Å². The molecule has 0 saturated carbocycles. The summed E-state index contributed by atoms with van der Waals surface area (Å²) >= 11 is 0. The number of hydrogen-bond acceptors (Lipinski definition) is 3. The van der Waals surface area contributed by atoms with Gasteiger partial charge in [-0.15, -0.1) is 0 Å². The zero-order valence-corrected chi connectivity index (χ0v) is 14.3. The lowest BCUT2D eigenvalue weighted by molar-refractivity contribution is 0.239. The molecule has 1 N–H and O–H groups in total. The van der Waals surface area contributed by atoms with Crippen molar-refractivity contribution < 1.29 is 9.47 Å². The summed E-state index contributed by atoms with van der Waals surface area (Å²) < 4.78 is 11.7. The molecule has 21 heavy (non-hydrogen) atoms. The summed E-state index contributed by atoms with van der Waals surface area (Å²) in [6.45, 7) is 14.2. The third-order valence-corrected chi connectivity index (χ3v) is 3.19. The van der Waals surface area contributed by atoms with Gasteiger partial charge in [-0.3, -0.25) is 0 Å². The summed E-state index contributed by atoms with van der Waals surface area (Å²) in [7, 11) is 0. The molecule has 0 heterocycles. The molecule has 0 amide bonds. The third kappa shape index (κ3) is 7.37. The van der Waals surface area contributed by atoms with Crippen molar-refractivity contribution in [2.24, 2.45) is 5.41 Å².